The number of carbonyl (C=O) groups is 2. The zero-order chi connectivity index (χ0) is 23.8. The molecule has 2 aromatic carbocycles. The summed E-state index contributed by atoms with van der Waals surface area (Å²) >= 11 is 0. The van der Waals surface area contributed by atoms with Crippen molar-refractivity contribution in [3.05, 3.63) is 88.2 Å². The van der Waals surface area contributed by atoms with Crippen LogP contribution in [0.3, 0.4) is 0 Å². The molecule has 0 aliphatic carbocycles. The number of anilines is 1. The van der Waals surface area contributed by atoms with Gasteiger partial charge >= 0.3 is 5.97 Å². The Bertz CT molecular complexity index is 1250. The summed E-state index contributed by atoms with van der Waals surface area (Å²) in [6.45, 7) is 7.90. The summed E-state index contributed by atoms with van der Waals surface area (Å²) in [5, 5.41) is 4.40. The molecule has 1 aliphatic heterocycles. The maximum absolute atomic E-state index is 13.6. The number of nitrogens with zero attached hydrogens (tertiary/aromatic N) is 3. The lowest BCUT2D eigenvalue weighted by molar-refractivity contribution is -0.148. The molecule has 0 radical (unpaired) electrons. The van der Waals surface area contributed by atoms with Gasteiger partial charge < -0.3 is 9.64 Å². The maximum atomic E-state index is 13.6. The lowest BCUT2D eigenvalue weighted by Crippen LogP contribution is -2.30. The summed E-state index contributed by atoms with van der Waals surface area (Å²) in [7, 11) is 1.94. The van der Waals surface area contributed by atoms with Crippen molar-refractivity contribution in [2.45, 2.75) is 46.3 Å². The predicted octanol–water partition coefficient (Wildman–Crippen LogP) is 4.83. The van der Waals surface area contributed by atoms with E-state index in [1.54, 1.807) is 6.08 Å². The quantitative estimate of drug-likeness (QED) is 0.429. The molecule has 0 unspecified atom stereocenters. The summed E-state index contributed by atoms with van der Waals surface area (Å²) < 4.78 is 7.21. The highest BCUT2D eigenvalue weighted by molar-refractivity contribution is 6.07. The zero-order valence-electron chi connectivity index (χ0n) is 19.8. The van der Waals surface area contributed by atoms with Gasteiger partial charge in [-0.25, -0.2) is 4.79 Å². The Balaban J connectivity index is 1.61. The van der Waals surface area contributed by atoms with Crippen LogP contribution in [0.15, 0.2) is 54.7 Å². The highest BCUT2D eigenvalue weighted by Gasteiger charge is 2.26. The van der Waals surface area contributed by atoms with E-state index in [4.69, 9.17) is 4.74 Å². The van der Waals surface area contributed by atoms with Gasteiger partial charge in [0.1, 0.15) is 5.60 Å². The molecule has 0 atom stereocenters. The van der Waals surface area contributed by atoms with Crippen LogP contribution in [-0.2, 0) is 29.5 Å². The van der Waals surface area contributed by atoms with Crippen molar-refractivity contribution in [3.63, 3.8) is 0 Å². The van der Waals surface area contributed by atoms with Gasteiger partial charge in [-0.15, -0.1) is 0 Å². The molecule has 0 saturated carbocycles. The fraction of sp³-hybridized carbons (Fsp3) is 0.296. The van der Waals surface area contributed by atoms with Crippen LogP contribution >= 0.6 is 0 Å². The Hall–Kier alpha value is -3.67. The fourth-order valence-electron chi connectivity index (χ4n) is 4.05. The molecule has 1 amide bonds. The molecule has 3 aromatic rings. The van der Waals surface area contributed by atoms with Crippen molar-refractivity contribution in [3.8, 4) is 0 Å². The fourth-order valence-corrected chi connectivity index (χ4v) is 4.05. The smallest absolute Gasteiger partial charge is 0.331 e. The highest BCUT2D eigenvalue weighted by atomic mass is 16.6. The second-order valence-electron chi connectivity index (χ2n) is 9.38. The Morgan fingerprint density at radius 2 is 1.85 bits per heavy atom. The van der Waals surface area contributed by atoms with Crippen LogP contribution in [0.4, 0.5) is 5.69 Å². The molecule has 1 aromatic heterocycles. The third-order valence-electron chi connectivity index (χ3n) is 5.68. The van der Waals surface area contributed by atoms with E-state index in [2.05, 4.69) is 11.2 Å². The average molecular weight is 444 g/mol. The van der Waals surface area contributed by atoms with Crippen LogP contribution < -0.4 is 4.90 Å². The monoisotopic (exact) mass is 443 g/mol. The molecule has 0 N–H and O–H groups in total. The van der Waals surface area contributed by atoms with Gasteiger partial charge in [-0.2, -0.15) is 5.10 Å². The van der Waals surface area contributed by atoms with Crippen molar-refractivity contribution in [2.24, 2.45) is 7.05 Å². The molecular formula is C27H29N3O3. The molecule has 6 nitrogen and oxygen atoms in total. The number of rotatable bonds is 3. The molecule has 6 heteroatoms. The molecule has 1 aliphatic rings. The minimum Gasteiger partial charge on any atom is -0.457 e. The van der Waals surface area contributed by atoms with Gasteiger partial charge in [0.15, 0.2) is 0 Å². The first-order valence-corrected chi connectivity index (χ1v) is 11.0. The van der Waals surface area contributed by atoms with Crippen LogP contribution in [0, 0.1) is 6.92 Å². The Morgan fingerprint density at radius 3 is 2.58 bits per heavy atom. The van der Waals surface area contributed by atoms with Crippen LogP contribution in [0.2, 0.25) is 0 Å². The summed E-state index contributed by atoms with van der Waals surface area (Å²) in [4.78, 5) is 27.5. The van der Waals surface area contributed by atoms with Crippen LogP contribution in [0.25, 0.3) is 6.08 Å². The van der Waals surface area contributed by atoms with Gasteiger partial charge in [0, 0.05) is 42.1 Å². The standard InChI is InChI=1S/C27H29N3O3/c1-18-14-21(11-10-19(18)12-13-25(31)33-27(2,3)4)26(32)30-17-22-16-28-29(5)24(22)15-20-8-6-7-9-23(20)30/h6-14,16H,15,17H2,1-5H3/b13-12+. The molecule has 0 bridgehead atoms. The predicted molar refractivity (Wildman–Crippen MR) is 129 cm³/mol. The third kappa shape index (κ3) is 4.90. The number of aromatic nitrogens is 2. The van der Waals surface area contributed by atoms with Crippen molar-refractivity contribution in [2.75, 3.05) is 4.90 Å². The first-order valence-electron chi connectivity index (χ1n) is 11.0. The van der Waals surface area contributed by atoms with E-state index in [1.807, 2.05) is 86.9 Å². The summed E-state index contributed by atoms with van der Waals surface area (Å²) in [6.07, 6.45) is 5.72. The first kappa shape index (κ1) is 22.5. The van der Waals surface area contributed by atoms with Crippen LogP contribution in [0.1, 0.15) is 59.1 Å². The topological polar surface area (TPSA) is 64.4 Å². The molecule has 4 rings (SSSR count). The minimum atomic E-state index is -0.537. The number of para-hydroxylation sites is 1. The van der Waals surface area contributed by atoms with Gasteiger partial charge in [-0.1, -0.05) is 24.3 Å². The zero-order valence-corrected chi connectivity index (χ0v) is 19.8. The molecular weight excluding hydrogens is 414 g/mol. The number of amides is 1. The Morgan fingerprint density at radius 1 is 1.09 bits per heavy atom. The van der Waals surface area contributed by atoms with E-state index < -0.39 is 11.6 Å². The lowest BCUT2D eigenvalue weighted by Gasteiger charge is -2.23. The van der Waals surface area contributed by atoms with E-state index in [0.717, 1.165) is 40.1 Å². The Labute approximate surface area is 194 Å². The number of benzene rings is 2. The van der Waals surface area contributed by atoms with E-state index in [-0.39, 0.29) is 5.91 Å². The summed E-state index contributed by atoms with van der Waals surface area (Å²) in [5.41, 5.74) is 6.03. The summed E-state index contributed by atoms with van der Waals surface area (Å²) in [6, 6.07) is 13.6. The Kier molecular flexibility index (Phi) is 5.93. The van der Waals surface area contributed by atoms with Crippen LogP contribution in [-0.4, -0.2) is 27.3 Å². The molecule has 0 fully saturated rings. The number of carbonyl (C=O) groups excluding carboxylic acids is 2. The van der Waals surface area contributed by atoms with Crippen molar-refractivity contribution in [1.29, 1.82) is 0 Å². The van der Waals surface area contributed by atoms with E-state index in [9.17, 15) is 9.59 Å². The molecule has 170 valence electrons. The number of esters is 1. The molecule has 2 heterocycles. The minimum absolute atomic E-state index is 0.0649. The average Bonchev–Trinajstić information content (AvgIpc) is 2.99. The van der Waals surface area contributed by atoms with Crippen molar-refractivity contribution < 1.29 is 14.3 Å². The lowest BCUT2D eigenvalue weighted by atomic mass is 10.0. The normalized spacial score (nSPS) is 13.4. The number of hydrogen-bond acceptors (Lipinski definition) is 4. The second-order valence-corrected chi connectivity index (χ2v) is 9.38. The van der Waals surface area contributed by atoms with E-state index in [1.165, 1.54) is 6.08 Å². The summed E-state index contributed by atoms with van der Waals surface area (Å²) in [5.74, 6) is -0.458. The number of fused-ring (bicyclic) bond motifs is 2. The van der Waals surface area contributed by atoms with Gasteiger partial charge in [0.25, 0.3) is 5.91 Å². The SMILES string of the molecule is Cc1cc(C(=O)N2Cc3cnn(C)c3Cc3ccccc32)ccc1/C=C/C(=O)OC(C)(C)C. The van der Waals surface area contributed by atoms with Gasteiger partial charge in [-0.3, -0.25) is 9.48 Å². The molecule has 33 heavy (non-hydrogen) atoms. The number of aryl methyl sites for hydroxylation is 2. The van der Waals surface area contributed by atoms with Gasteiger partial charge in [0.05, 0.1) is 12.7 Å². The third-order valence-corrected chi connectivity index (χ3v) is 5.68. The highest BCUT2D eigenvalue weighted by Crippen LogP contribution is 2.31. The van der Waals surface area contributed by atoms with Gasteiger partial charge in [-0.05, 0) is 68.7 Å². The maximum Gasteiger partial charge on any atom is 0.331 e. The first-order chi connectivity index (χ1) is 15.6. The van der Waals surface area contributed by atoms with Gasteiger partial charge in [0.2, 0.25) is 0 Å². The molecule has 0 spiro atoms. The number of hydrogen-bond donors (Lipinski definition) is 0. The molecule has 0 saturated heterocycles. The van der Waals surface area contributed by atoms with Crippen molar-refractivity contribution in [1.82, 2.24) is 9.78 Å². The largest absolute Gasteiger partial charge is 0.457 e. The second kappa shape index (κ2) is 8.70. The van der Waals surface area contributed by atoms with Crippen LogP contribution in [0.5, 0.6) is 0 Å². The van der Waals surface area contributed by atoms with E-state index in [0.29, 0.717) is 12.1 Å². The van der Waals surface area contributed by atoms with E-state index >= 15 is 0 Å². The number of ether oxygens (including phenoxy) is 1. The van der Waals surface area contributed by atoms with Crippen molar-refractivity contribution >= 4 is 23.6 Å².